The molecule has 9 aromatic carbocycles. The fraction of sp³-hybridized carbons (Fsp3) is 0.0597. The molecule has 0 saturated carbocycles. The van der Waals surface area contributed by atoms with Gasteiger partial charge in [0.25, 0.3) is 0 Å². The monoisotopic (exact) mass is 893 g/mol. The minimum absolute atomic E-state index is 0.0729. The fourth-order valence-corrected chi connectivity index (χ4v) is 12.9. The second kappa shape index (κ2) is 14.8. The van der Waals surface area contributed by atoms with Gasteiger partial charge in [0.15, 0.2) is 23.0 Å². The molecule has 6 aliphatic rings. The average molecular weight is 894 g/mol. The lowest BCUT2D eigenvalue weighted by atomic mass is 9.67. The van der Waals surface area contributed by atoms with Crippen molar-refractivity contribution in [3.63, 3.8) is 0 Å². The normalized spacial score (nSPS) is 16.9. The molecule has 1 atom stereocenters. The van der Waals surface area contributed by atoms with E-state index in [0.29, 0.717) is 17.2 Å². The van der Waals surface area contributed by atoms with Gasteiger partial charge in [0.05, 0.1) is 22.6 Å². The van der Waals surface area contributed by atoms with Gasteiger partial charge in [-0.3, -0.25) is 0 Å². The molecule has 0 bridgehead atoms. The number of benzene rings is 9. The third-order valence-corrected chi connectivity index (χ3v) is 15.7. The van der Waals surface area contributed by atoms with E-state index in [0.717, 1.165) is 40.3 Å². The van der Waals surface area contributed by atoms with Crippen LogP contribution in [0.5, 0.6) is 23.0 Å². The van der Waals surface area contributed by atoms with E-state index < -0.39 is 10.8 Å². The lowest BCUT2D eigenvalue weighted by Gasteiger charge is -2.33. The topological polar surface area (TPSA) is 21.7 Å². The first kappa shape index (κ1) is 39.1. The Morgan fingerprint density at radius 3 is 1.69 bits per heavy atom. The lowest BCUT2D eigenvalue weighted by molar-refractivity contribution is 0.360. The molecule has 328 valence electrons. The molecule has 0 amide bonds. The quantitative estimate of drug-likeness (QED) is 0.155. The van der Waals surface area contributed by atoms with E-state index in [1.54, 1.807) is 0 Å². The molecule has 3 heteroatoms. The van der Waals surface area contributed by atoms with Crippen LogP contribution in [0.25, 0.3) is 39.0 Å². The minimum Gasteiger partial charge on any atom is -0.449 e. The molecule has 1 spiro atoms. The molecule has 0 N–H and O–H groups in total. The highest BCUT2D eigenvalue weighted by atomic mass is 16.6. The summed E-state index contributed by atoms with van der Waals surface area (Å²) in [7, 11) is 0. The van der Waals surface area contributed by atoms with Gasteiger partial charge in [-0.15, -0.1) is 0 Å². The summed E-state index contributed by atoms with van der Waals surface area (Å²) in [4.78, 5) is 2.39. The molecule has 1 heterocycles. The molecule has 70 heavy (non-hydrogen) atoms. The highest BCUT2D eigenvalue weighted by Gasteiger charge is 2.53. The number of hydrogen-bond acceptors (Lipinski definition) is 3. The molecule has 0 fully saturated rings. The number of ether oxygens (including phenoxy) is 2. The van der Waals surface area contributed by atoms with Gasteiger partial charge in [-0.25, -0.2) is 0 Å². The fourth-order valence-electron chi connectivity index (χ4n) is 12.9. The first-order valence-corrected chi connectivity index (χ1v) is 24.3. The van der Waals surface area contributed by atoms with Crippen LogP contribution in [-0.2, 0) is 10.8 Å². The van der Waals surface area contributed by atoms with Gasteiger partial charge in [-0.1, -0.05) is 206 Å². The molecule has 9 aromatic rings. The molecule has 0 radical (unpaired) electrons. The molecule has 5 aliphatic carbocycles. The molecular weight excluding hydrogens is 851 g/mol. The lowest BCUT2D eigenvalue weighted by Crippen LogP contribution is -2.32. The van der Waals surface area contributed by atoms with Crippen LogP contribution in [0.3, 0.4) is 0 Å². The Balaban J connectivity index is 0.825. The minimum atomic E-state index is -0.460. The van der Waals surface area contributed by atoms with Crippen LogP contribution in [0, 0.1) is 0 Å². The molecule has 0 saturated heterocycles. The smallest absolute Gasteiger partial charge is 0.178 e. The first-order valence-electron chi connectivity index (χ1n) is 24.3. The van der Waals surface area contributed by atoms with E-state index in [2.05, 4.69) is 253 Å². The number of hydrogen-bond donors (Lipinski definition) is 0. The summed E-state index contributed by atoms with van der Waals surface area (Å²) in [5.41, 5.74) is 24.8. The maximum Gasteiger partial charge on any atom is 0.178 e. The Kier molecular flexibility index (Phi) is 8.28. The molecular formula is C67H43NO2. The van der Waals surface area contributed by atoms with Crippen LogP contribution in [-0.4, -0.2) is 6.04 Å². The Morgan fingerprint density at radius 1 is 0.443 bits per heavy atom. The van der Waals surface area contributed by atoms with Crippen LogP contribution < -0.4 is 14.4 Å². The van der Waals surface area contributed by atoms with E-state index in [1.807, 2.05) is 0 Å². The highest BCUT2D eigenvalue weighted by Crippen LogP contribution is 2.66. The van der Waals surface area contributed by atoms with Gasteiger partial charge in [0.1, 0.15) is 0 Å². The summed E-state index contributed by atoms with van der Waals surface area (Å²) in [5.74, 6) is 2.86. The van der Waals surface area contributed by atoms with E-state index in [4.69, 9.17) is 9.47 Å². The predicted molar refractivity (Wildman–Crippen MR) is 282 cm³/mol. The maximum atomic E-state index is 7.06. The van der Waals surface area contributed by atoms with Crippen molar-refractivity contribution in [2.45, 2.75) is 23.3 Å². The molecule has 15 rings (SSSR count). The van der Waals surface area contributed by atoms with E-state index in [-0.39, 0.29) is 6.04 Å². The van der Waals surface area contributed by atoms with Gasteiger partial charge in [-0.2, -0.15) is 0 Å². The summed E-state index contributed by atoms with van der Waals surface area (Å²) in [5, 5.41) is 0. The number of nitrogens with zero attached hydrogens (tertiary/aromatic N) is 1. The highest BCUT2D eigenvalue weighted by molar-refractivity contribution is 5.98. The van der Waals surface area contributed by atoms with Gasteiger partial charge in [0.2, 0.25) is 0 Å². The number of anilines is 1. The van der Waals surface area contributed by atoms with Crippen LogP contribution in [0.1, 0.15) is 56.5 Å². The number of rotatable bonds is 6. The molecule has 3 nitrogen and oxygen atoms in total. The zero-order valence-corrected chi connectivity index (χ0v) is 38.1. The molecule has 1 unspecified atom stereocenters. The number of fused-ring (bicyclic) bond motifs is 16. The van der Waals surface area contributed by atoms with Crippen molar-refractivity contribution in [3.05, 3.63) is 304 Å². The van der Waals surface area contributed by atoms with Gasteiger partial charge in [-0.05, 0) is 121 Å². The van der Waals surface area contributed by atoms with Crippen LogP contribution in [0.15, 0.2) is 254 Å². The Labute approximate surface area is 407 Å². The first-order chi connectivity index (χ1) is 34.7. The van der Waals surface area contributed by atoms with Crippen molar-refractivity contribution in [3.8, 4) is 56.4 Å². The third kappa shape index (κ3) is 5.25. The van der Waals surface area contributed by atoms with Crippen LogP contribution in [0.4, 0.5) is 5.69 Å². The Hall–Kier alpha value is -8.88. The SMILES string of the molecule is C1=C(c2ccc3c(c2)-c2ccccc2C3(c2ccccc2)c2ccccc2)C=CC=1N(c1ccc2c(c1)Oc1ccc3c(c1O2)-c1ccccc1C31c2ccccc2-c2ccccc21)C1C=CC=CC1. The Bertz CT molecular complexity index is 3780. The summed E-state index contributed by atoms with van der Waals surface area (Å²) in [6.07, 6.45) is 14.1. The van der Waals surface area contributed by atoms with Gasteiger partial charge in [0, 0.05) is 22.9 Å². The van der Waals surface area contributed by atoms with Gasteiger partial charge < -0.3 is 14.4 Å². The third-order valence-electron chi connectivity index (χ3n) is 15.7. The summed E-state index contributed by atoms with van der Waals surface area (Å²) >= 11 is 0. The standard InChI is InChI=1S/C67H43NO2/c1-4-18-45(19-5-1)66(46-20-6-2-7-21-46)55-28-14-12-26-52(55)54-41-44(33-36-59(54)66)43-32-34-48(40-43)68(47-22-8-3-9-23-47)49-35-38-61-63(42-49)69-62-39-37-60-64(65(62)70-61)53-27-13-17-31-58(53)67(60)56-29-15-10-24-50(56)51-25-11-16-30-57(51)67/h1-22,24-39,41-42,47H,23H2. The van der Waals surface area contributed by atoms with Crippen molar-refractivity contribution >= 4 is 11.3 Å². The molecule has 0 aromatic heterocycles. The van der Waals surface area contributed by atoms with Crippen LogP contribution >= 0.6 is 0 Å². The van der Waals surface area contributed by atoms with Crippen molar-refractivity contribution in [1.29, 1.82) is 0 Å². The zero-order valence-electron chi connectivity index (χ0n) is 38.1. The summed E-state index contributed by atoms with van der Waals surface area (Å²) in [6, 6.07) is 75.4. The summed E-state index contributed by atoms with van der Waals surface area (Å²) in [6.45, 7) is 0. The zero-order chi connectivity index (χ0) is 46.0. The Morgan fingerprint density at radius 2 is 1.01 bits per heavy atom. The molecule has 1 aliphatic heterocycles. The predicted octanol–water partition coefficient (Wildman–Crippen LogP) is 16.1. The number of allylic oxidation sites excluding steroid dienone is 4. The second-order valence-corrected chi connectivity index (χ2v) is 19.1. The maximum absolute atomic E-state index is 7.06. The van der Waals surface area contributed by atoms with E-state index in [1.165, 1.54) is 72.3 Å². The van der Waals surface area contributed by atoms with Crippen molar-refractivity contribution < 1.29 is 9.47 Å². The second-order valence-electron chi connectivity index (χ2n) is 19.1. The van der Waals surface area contributed by atoms with Crippen molar-refractivity contribution in [2.24, 2.45) is 0 Å². The van der Waals surface area contributed by atoms with Gasteiger partial charge >= 0.3 is 0 Å². The van der Waals surface area contributed by atoms with Crippen molar-refractivity contribution in [2.75, 3.05) is 4.90 Å². The average Bonchev–Trinajstić information content (AvgIpc) is 4.19. The summed E-state index contributed by atoms with van der Waals surface area (Å²) < 4.78 is 14.0. The van der Waals surface area contributed by atoms with Crippen LogP contribution in [0.2, 0.25) is 0 Å². The van der Waals surface area contributed by atoms with Crippen molar-refractivity contribution in [1.82, 2.24) is 0 Å². The van der Waals surface area contributed by atoms with E-state index >= 15 is 0 Å². The van der Waals surface area contributed by atoms with E-state index in [9.17, 15) is 0 Å². The largest absolute Gasteiger partial charge is 0.449 e.